The lowest BCUT2D eigenvalue weighted by Gasteiger charge is -2.33. The number of carbonyl (C=O) groups is 2. The Hall–Kier alpha value is -1.89. The highest BCUT2D eigenvalue weighted by Gasteiger charge is 2.47. The van der Waals surface area contributed by atoms with E-state index in [2.05, 4.69) is 0 Å². The largest absolute Gasteiger partial charge is 0.480 e. The molecule has 0 bridgehead atoms. The summed E-state index contributed by atoms with van der Waals surface area (Å²) in [5.74, 6) is -1.04. The number of benzene rings is 1. The summed E-state index contributed by atoms with van der Waals surface area (Å²) in [5, 5.41) is 9.54. The molecule has 6 nitrogen and oxygen atoms in total. The maximum absolute atomic E-state index is 13.0. The molecule has 3 rings (SSSR count). The summed E-state index contributed by atoms with van der Waals surface area (Å²) in [4.78, 5) is 26.3. The minimum absolute atomic E-state index is 0.00272. The molecule has 25 heavy (non-hydrogen) atoms. The smallest absolute Gasteiger partial charge is 0.326 e. The maximum Gasteiger partial charge on any atom is 0.326 e. The summed E-state index contributed by atoms with van der Waals surface area (Å²) >= 11 is 0. The van der Waals surface area contributed by atoms with E-state index in [0.29, 0.717) is 12.0 Å². The van der Waals surface area contributed by atoms with E-state index in [9.17, 15) is 23.1 Å². The van der Waals surface area contributed by atoms with Crippen molar-refractivity contribution < 1.29 is 23.1 Å². The van der Waals surface area contributed by atoms with Gasteiger partial charge >= 0.3 is 5.97 Å². The van der Waals surface area contributed by atoms with Crippen molar-refractivity contribution in [2.24, 2.45) is 5.92 Å². The van der Waals surface area contributed by atoms with Gasteiger partial charge in [0.1, 0.15) is 6.04 Å². The van der Waals surface area contributed by atoms with Gasteiger partial charge < -0.3 is 10.0 Å². The lowest BCUT2D eigenvalue weighted by atomic mass is 9.84. The van der Waals surface area contributed by atoms with Crippen molar-refractivity contribution in [3.8, 4) is 0 Å². The number of sulfone groups is 1. The SMILES string of the molecule is CCS(=O)(=O)c1ccc(C(=O)N2[C@@H]3CCCC[C@@H]3C[C@H]2C(=O)O)cc1. The first-order chi connectivity index (χ1) is 11.8. The molecule has 1 amide bonds. The zero-order chi connectivity index (χ0) is 18.2. The lowest BCUT2D eigenvalue weighted by Crippen LogP contribution is -2.46. The molecule has 2 fully saturated rings. The van der Waals surface area contributed by atoms with Crippen LogP contribution in [0.15, 0.2) is 29.2 Å². The third-order valence-electron chi connectivity index (χ3n) is 5.45. The van der Waals surface area contributed by atoms with Gasteiger partial charge in [-0.1, -0.05) is 19.8 Å². The summed E-state index contributed by atoms with van der Waals surface area (Å²) in [5.41, 5.74) is 0.340. The van der Waals surface area contributed by atoms with Gasteiger partial charge in [-0.15, -0.1) is 0 Å². The zero-order valence-electron chi connectivity index (χ0n) is 14.2. The molecule has 1 saturated heterocycles. The molecule has 0 radical (unpaired) electrons. The molecule has 1 saturated carbocycles. The van der Waals surface area contributed by atoms with Crippen LogP contribution in [0, 0.1) is 5.92 Å². The number of likely N-dealkylation sites (tertiary alicyclic amines) is 1. The number of hydrogen-bond acceptors (Lipinski definition) is 4. The Bertz CT molecular complexity index is 771. The fourth-order valence-electron chi connectivity index (χ4n) is 4.09. The topological polar surface area (TPSA) is 91.8 Å². The van der Waals surface area contributed by atoms with Crippen LogP contribution in [-0.2, 0) is 14.6 Å². The van der Waals surface area contributed by atoms with E-state index >= 15 is 0 Å². The molecule has 0 spiro atoms. The van der Waals surface area contributed by atoms with Crippen LogP contribution >= 0.6 is 0 Å². The lowest BCUT2D eigenvalue weighted by molar-refractivity contribution is -0.141. The summed E-state index contributed by atoms with van der Waals surface area (Å²) in [7, 11) is -3.32. The Morgan fingerprint density at radius 2 is 1.80 bits per heavy atom. The molecular weight excluding hydrogens is 342 g/mol. The van der Waals surface area contributed by atoms with Crippen LogP contribution in [0.2, 0.25) is 0 Å². The number of carbonyl (C=O) groups excluding carboxylic acids is 1. The fourth-order valence-corrected chi connectivity index (χ4v) is 4.98. The van der Waals surface area contributed by atoms with Crippen molar-refractivity contribution in [3.05, 3.63) is 29.8 Å². The van der Waals surface area contributed by atoms with E-state index in [1.165, 1.54) is 29.2 Å². The van der Waals surface area contributed by atoms with Crippen LogP contribution in [0.4, 0.5) is 0 Å². The Labute approximate surface area is 147 Å². The molecule has 1 aliphatic heterocycles. The maximum atomic E-state index is 13.0. The molecule has 1 heterocycles. The van der Waals surface area contributed by atoms with Crippen molar-refractivity contribution in [1.29, 1.82) is 0 Å². The molecule has 1 aromatic carbocycles. The average molecular weight is 365 g/mol. The van der Waals surface area contributed by atoms with Crippen LogP contribution in [0.1, 0.15) is 49.4 Å². The van der Waals surface area contributed by atoms with Gasteiger partial charge in [0, 0.05) is 11.6 Å². The van der Waals surface area contributed by atoms with Crippen LogP contribution in [0.3, 0.4) is 0 Å². The summed E-state index contributed by atoms with van der Waals surface area (Å²) < 4.78 is 23.8. The quantitative estimate of drug-likeness (QED) is 0.884. The third kappa shape index (κ3) is 3.29. The summed E-state index contributed by atoms with van der Waals surface area (Å²) in [6.07, 6.45) is 4.40. The number of aliphatic carboxylic acids is 1. The van der Waals surface area contributed by atoms with E-state index in [4.69, 9.17) is 0 Å². The Morgan fingerprint density at radius 3 is 2.40 bits per heavy atom. The van der Waals surface area contributed by atoms with E-state index in [1.54, 1.807) is 6.92 Å². The standard InChI is InChI=1S/C18H23NO5S/c1-2-25(23,24)14-9-7-12(8-10-14)17(20)19-15-6-4-3-5-13(15)11-16(19)18(21)22/h7-10,13,15-16H,2-6,11H2,1H3,(H,21,22)/t13-,15-,16+/m1/s1. The van der Waals surface area contributed by atoms with Crippen LogP contribution in [0.25, 0.3) is 0 Å². The molecule has 1 N–H and O–H groups in total. The Morgan fingerprint density at radius 1 is 1.16 bits per heavy atom. The molecule has 3 atom stereocenters. The average Bonchev–Trinajstić information content (AvgIpc) is 3.01. The highest BCUT2D eigenvalue weighted by atomic mass is 32.2. The van der Waals surface area contributed by atoms with E-state index in [-0.39, 0.29) is 28.5 Å². The van der Waals surface area contributed by atoms with Gasteiger partial charge in [-0.2, -0.15) is 0 Å². The van der Waals surface area contributed by atoms with Gasteiger partial charge in [-0.3, -0.25) is 4.79 Å². The Kier molecular flexibility index (Phi) is 4.86. The van der Waals surface area contributed by atoms with E-state index < -0.39 is 21.8 Å². The van der Waals surface area contributed by atoms with Gasteiger partial charge in [0.2, 0.25) is 0 Å². The van der Waals surface area contributed by atoms with E-state index in [0.717, 1.165) is 25.7 Å². The number of nitrogens with zero attached hydrogens (tertiary/aromatic N) is 1. The first-order valence-corrected chi connectivity index (χ1v) is 10.4. The second-order valence-electron chi connectivity index (χ2n) is 6.84. The monoisotopic (exact) mass is 365 g/mol. The number of rotatable bonds is 4. The number of fused-ring (bicyclic) bond motifs is 1. The van der Waals surface area contributed by atoms with Crippen molar-refractivity contribution in [3.63, 3.8) is 0 Å². The van der Waals surface area contributed by atoms with Crippen molar-refractivity contribution in [1.82, 2.24) is 4.90 Å². The normalized spacial score (nSPS) is 26.3. The third-order valence-corrected chi connectivity index (χ3v) is 7.20. The molecule has 2 aliphatic rings. The number of carboxylic acid groups (broad SMARTS) is 1. The van der Waals surface area contributed by atoms with Gasteiger partial charge in [-0.05, 0) is 49.4 Å². The number of hydrogen-bond donors (Lipinski definition) is 1. The molecule has 0 aromatic heterocycles. The minimum Gasteiger partial charge on any atom is -0.480 e. The predicted octanol–water partition coefficient (Wildman–Crippen LogP) is 2.34. The molecule has 136 valence electrons. The van der Waals surface area contributed by atoms with Crippen molar-refractivity contribution in [2.45, 2.75) is 56.0 Å². The van der Waals surface area contributed by atoms with Gasteiger partial charge in [0.05, 0.1) is 10.6 Å². The summed E-state index contributed by atoms with van der Waals surface area (Å²) in [6, 6.07) is 5.01. The van der Waals surface area contributed by atoms with E-state index in [1.807, 2.05) is 0 Å². The molecule has 1 aliphatic carbocycles. The highest BCUT2D eigenvalue weighted by Crippen LogP contribution is 2.40. The zero-order valence-corrected chi connectivity index (χ0v) is 15.0. The number of amides is 1. The molecular formula is C18H23NO5S. The molecule has 7 heteroatoms. The van der Waals surface area contributed by atoms with Gasteiger partial charge in [0.25, 0.3) is 5.91 Å². The van der Waals surface area contributed by atoms with Gasteiger partial charge in [0.15, 0.2) is 9.84 Å². The van der Waals surface area contributed by atoms with Crippen LogP contribution in [0.5, 0.6) is 0 Å². The second kappa shape index (κ2) is 6.78. The Balaban J connectivity index is 1.89. The van der Waals surface area contributed by atoms with Gasteiger partial charge in [-0.25, -0.2) is 13.2 Å². The first kappa shape index (κ1) is 17.9. The number of carboxylic acids is 1. The summed E-state index contributed by atoms with van der Waals surface area (Å²) in [6.45, 7) is 1.57. The fraction of sp³-hybridized carbons (Fsp3) is 0.556. The molecule has 0 unspecified atom stereocenters. The van der Waals surface area contributed by atoms with Crippen molar-refractivity contribution >= 4 is 21.7 Å². The highest BCUT2D eigenvalue weighted by molar-refractivity contribution is 7.91. The van der Waals surface area contributed by atoms with Crippen LogP contribution < -0.4 is 0 Å². The second-order valence-corrected chi connectivity index (χ2v) is 9.12. The molecule has 1 aromatic rings. The van der Waals surface area contributed by atoms with Crippen LogP contribution in [-0.4, -0.2) is 48.1 Å². The first-order valence-electron chi connectivity index (χ1n) is 8.73. The predicted molar refractivity (Wildman–Crippen MR) is 92.1 cm³/mol. The van der Waals surface area contributed by atoms with Crippen molar-refractivity contribution in [2.75, 3.05) is 5.75 Å². The minimum atomic E-state index is -3.32.